The Balaban J connectivity index is 1.71. The summed E-state index contributed by atoms with van der Waals surface area (Å²) in [5, 5.41) is 2.80. The average molecular weight is 370 g/mol. The number of para-hydroxylation sites is 1. The monoisotopic (exact) mass is 370 g/mol. The van der Waals surface area contributed by atoms with Gasteiger partial charge in [0.05, 0.1) is 22.5 Å². The van der Waals surface area contributed by atoms with Crippen LogP contribution in [0.3, 0.4) is 0 Å². The molecule has 1 aliphatic heterocycles. The van der Waals surface area contributed by atoms with E-state index in [1.165, 1.54) is 0 Å². The number of amides is 3. The predicted octanol–water partition coefficient (Wildman–Crippen LogP) is 4.36. The number of imide groups is 1. The minimum atomic E-state index is -0.442. The summed E-state index contributed by atoms with van der Waals surface area (Å²) in [6.45, 7) is 3.84. The van der Waals surface area contributed by atoms with Crippen LogP contribution in [-0.2, 0) is 0 Å². The molecule has 138 valence electrons. The highest BCUT2D eigenvalue weighted by molar-refractivity contribution is 6.36. The lowest BCUT2D eigenvalue weighted by molar-refractivity contribution is 0.0926. The van der Waals surface area contributed by atoms with Crippen molar-refractivity contribution < 1.29 is 14.4 Å². The van der Waals surface area contributed by atoms with Crippen LogP contribution in [0.4, 0.5) is 11.4 Å². The smallest absolute Gasteiger partial charge is 0.268 e. The van der Waals surface area contributed by atoms with Crippen molar-refractivity contribution in [1.82, 2.24) is 0 Å². The lowest BCUT2D eigenvalue weighted by atomic mass is 10.1. The standard InChI is InChI=1S/C23H18N2O3/c1-14-11-15(2)13-16(12-14)21(26)24-19-10-6-9-18-20(19)23(28)25(22(18)27)17-7-4-3-5-8-17/h3-13H,1-2H3,(H,24,26). The summed E-state index contributed by atoms with van der Waals surface area (Å²) in [5.41, 5.74) is 3.79. The Hall–Kier alpha value is -3.73. The van der Waals surface area contributed by atoms with Crippen molar-refractivity contribution in [3.05, 3.63) is 94.5 Å². The van der Waals surface area contributed by atoms with E-state index in [4.69, 9.17) is 0 Å². The summed E-state index contributed by atoms with van der Waals surface area (Å²) in [4.78, 5) is 39.7. The quantitative estimate of drug-likeness (QED) is 0.697. The van der Waals surface area contributed by atoms with Crippen molar-refractivity contribution in [1.29, 1.82) is 0 Å². The molecule has 0 saturated carbocycles. The van der Waals surface area contributed by atoms with Crippen LogP contribution in [0.25, 0.3) is 0 Å². The Morgan fingerprint density at radius 3 is 2.18 bits per heavy atom. The van der Waals surface area contributed by atoms with Gasteiger partial charge in [-0.2, -0.15) is 0 Å². The first-order valence-corrected chi connectivity index (χ1v) is 8.92. The molecule has 0 fully saturated rings. The van der Waals surface area contributed by atoms with E-state index in [-0.39, 0.29) is 17.0 Å². The fraction of sp³-hybridized carbons (Fsp3) is 0.0870. The highest BCUT2D eigenvalue weighted by atomic mass is 16.2. The first-order valence-electron chi connectivity index (χ1n) is 8.92. The van der Waals surface area contributed by atoms with E-state index in [0.29, 0.717) is 16.9 Å². The normalized spacial score (nSPS) is 12.9. The molecule has 4 rings (SSSR count). The zero-order valence-electron chi connectivity index (χ0n) is 15.5. The van der Waals surface area contributed by atoms with Crippen LogP contribution in [0, 0.1) is 13.8 Å². The molecule has 28 heavy (non-hydrogen) atoms. The van der Waals surface area contributed by atoms with E-state index in [0.717, 1.165) is 16.0 Å². The molecule has 3 aromatic rings. The van der Waals surface area contributed by atoms with E-state index >= 15 is 0 Å². The Labute approximate surface area is 162 Å². The molecule has 0 saturated heterocycles. The number of rotatable bonds is 3. The Morgan fingerprint density at radius 1 is 0.821 bits per heavy atom. The lowest BCUT2D eigenvalue weighted by Gasteiger charge is -2.14. The van der Waals surface area contributed by atoms with Crippen molar-refractivity contribution in [2.75, 3.05) is 10.2 Å². The molecule has 1 heterocycles. The molecule has 0 unspecified atom stereocenters. The van der Waals surface area contributed by atoms with Gasteiger partial charge in [0.25, 0.3) is 17.7 Å². The van der Waals surface area contributed by atoms with Gasteiger partial charge in [0.2, 0.25) is 0 Å². The van der Waals surface area contributed by atoms with Gasteiger partial charge in [0.1, 0.15) is 0 Å². The van der Waals surface area contributed by atoms with Gasteiger partial charge in [-0.1, -0.05) is 41.5 Å². The molecule has 0 aromatic heterocycles. The fourth-order valence-electron chi connectivity index (χ4n) is 3.50. The third-order valence-corrected chi connectivity index (χ3v) is 4.66. The van der Waals surface area contributed by atoms with Crippen LogP contribution < -0.4 is 10.2 Å². The molecule has 0 aliphatic carbocycles. The van der Waals surface area contributed by atoms with E-state index in [9.17, 15) is 14.4 Å². The molecule has 0 atom stereocenters. The van der Waals surface area contributed by atoms with E-state index in [1.54, 1.807) is 54.6 Å². The first-order chi connectivity index (χ1) is 13.5. The maximum atomic E-state index is 13.0. The number of hydrogen-bond donors (Lipinski definition) is 1. The van der Waals surface area contributed by atoms with Gasteiger partial charge in [-0.3, -0.25) is 14.4 Å². The van der Waals surface area contributed by atoms with E-state index in [1.807, 2.05) is 26.0 Å². The zero-order chi connectivity index (χ0) is 19.8. The van der Waals surface area contributed by atoms with Gasteiger partial charge in [-0.25, -0.2) is 4.90 Å². The summed E-state index contributed by atoms with van der Waals surface area (Å²) >= 11 is 0. The second-order valence-electron chi connectivity index (χ2n) is 6.84. The second kappa shape index (κ2) is 6.78. The van der Waals surface area contributed by atoms with Crippen molar-refractivity contribution >= 4 is 29.1 Å². The Morgan fingerprint density at radius 2 is 1.50 bits per heavy atom. The van der Waals surface area contributed by atoms with Gasteiger partial charge >= 0.3 is 0 Å². The Kier molecular flexibility index (Phi) is 4.28. The van der Waals surface area contributed by atoms with Gasteiger partial charge in [-0.05, 0) is 50.2 Å². The molecule has 1 N–H and O–H groups in total. The number of nitrogens with zero attached hydrogens (tertiary/aromatic N) is 1. The van der Waals surface area contributed by atoms with Crippen LogP contribution in [0.1, 0.15) is 42.2 Å². The predicted molar refractivity (Wildman–Crippen MR) is 108 cm³/mol. The third-order valence-electron chi connectivity index (χ3n) is 4.66. The number of anilines is 2. The van der Waals surface area contributed by atoms with Gasteiger partial charge in [-0.15, -0.1) is 0 Å². The van der Waals surface area contributed by atoms with Gasteiger partial charge < -0.3 is 5.32 Å². The van der Waals surface area contributed by atoms with Crippen LogP contribution in [0.2, 0.25) is 0 Å². The number of aryl methyl sites for hydroxylation is 2. The number of nitrogens with one attached hydrogen (secondary N) is 1. The highest BCUT2D eigenvalue weighted by Crippen LogP contribution is 2.33. The third kappa shape index (κ3) is 2.97. The molecule has 3 amide bonds. The van der Waals surface area contributed by atoms with Crippen molar-refractivity contribution in [3.8, 4) is 0 Å². The summed E-state index contributed by atoms with van der Waals surface area (Å²) in [6, 6.07) is 19.2. The lowest BCUT2D eigenvalue weighted by Crippen LogP contribution is -2.29. The summed E-state index contributed by atoms with van der Waals surface area (Å²) in [5.74, 6) is -1.16. The highest BCUT2D eigenvalue weighted by Gasteiger charge is 2.38. The zero-order valence-corrected chi connectivity index (χ0v) is 15.5. The SMILES string of the molecule is Cc1cc(C)cc(C(=O)Nc2cccc3c2C(=O)N(c2ccccc2)C3=O)c1. The van der Waals surface area contributed by atoms with Gasteiger partial charge in [0.15, 0.2) is 0 Å². The fourth-order valence-corrected chi connectivity index (χ4v) is 3.50. The van der Waals surface area contributed by atoms with Crippen molar-refractivity contribution in [3.63, 3.8) is 0 Å². The number of carbonyl (C=O) groups excluding carboxylic acids is 3. The van der Waals surface area contributed by atoms with E-state index in [2.05, 4.69) is 5.32 Å². The summed E-state index contributed by atoms with van der Waals surface area (Å²) in [6.07, 6.45) is 0. The molecule has 0 spiro atoms. The molecule has 1 aliphatic rings. The van der Waals surface area contributed by atoms with Crippen LogP contribution in [0.15, 0.2) is 66.7 Å². The molecule has 3 aromatic carbocycles. The average Bonchev–Trinajstić information content (AvgIpc) is 2.93. The number of carbonyl (C=O) groups is 3. The van der Waals surface area contributed by atoms with Crippen LogP contribution in [0.5, 0.6) is 0 Å². The van der Waals surface area contributed by atoms with Crippen LogP contribution >= 0.6 is 0 Å². The molecular formula is C23H18N2O3. The molecule has 5 heteroatoms. The topological polar surface area (TPSA) is 66.5 Å². The van der Waals surface area contributed by atoms with Crippen molar-refractivity contribution in [2.24, 2.45) is 0 Å². The maximum absolute atomic E-state index is 13.0. The maximum Gasteiger partial charge on any atom is 0.268 e. The summed E-state index contributed by atoms with van der Waals surface area (Å²) < 4.78 is 0. The summed E-state index contributed by atoms with van der Waals surface area (Å²) in [7, 11) is 0. The number of fused-ring (bicyclic) bond motifs is 1. The van der Waals surface area contributed by atoms with E-state index < -0.39 is 11.8 Å². The minimum absolute atomic E-state index is 0.217. The molecule has 5 nitrogen and oxygen atoms in total. The molecule has 0 bridgehead atoms. The molecular weight excluding hydrogens is 352 g/mol. The molecule has 0 radical (unpaired) electrons. The first kappa shape index (κ1) is 17.7. The Bertz CT molecular complexity index is 1100. The minimum Gasteiger partial charge on any atom is -0.321 e. The van der Waals surface area contributed by atoms with Gasteiger partial charge in [0, 0.05) is 5.56 Å². The largest absolute Gasteiger partial charge is 0.321 e. The van der Waals surface area contributed by atoms with Crippen LogP contribution in [-0.4, -0.2) is 17.7 Å². The second-order valence-corrected chi connectivity index (χ2v) is 6.84. The van der Waals surface area contributed by atoms with Crippen molar-refractivity contribution in [2.45, 2.75) is 13.8 Å². The number of hydrogen-bond acceptors (Lipinski definition) is 3. The number of benzene rings is 3.